The smallest absolute Gasteiger partial charge is 0.246 e. The number of amides is 2. The summed E-state index contributed by atoms with van der Waals surface area (Å²) in [4.78, 5) is 28.5. The van der Waals surface area contributed by atoms with Crippen molar-refractivity contribution in [2.24, 2.45) is 0 Å². The number of nitrogens with one attached hydrogen (secondary N) is 2. The van der Waals surface area contributed by atoms with Crippen LogP contribution >= 0.6 is 0 Å². The molecule has 0 aliphatic carbocycles. The predicted molar refractivity (Wildman–Crippen MR) is 99.3 cm³/mol. The summed E-state index contributed by atoms with van der Waals surface area (Å²) in [6.07, 6.45) is -0.0134. The molecule has 0 fully saturated rings. The quantitative estimate of drug-likeness (QED) is 0.615. The molecule has 2 N–H and O–H groups in total. The van der Waals surface area contributed by atoms with Gasteiger partial charge in [-0.15, -0.1) is 0 Å². The number of likely N-dealkylation sites (N-methyl/N-ethyl adjacent to an activating group) is 1. The lowest BCUT2D eigenvalue weighted by Crippen LogP contribution is -2.39. The fraction of sp³-hybridized carbons (Fsp3) is 0.200. The number of nitrogens with zero attached hydrogens (tertiary/aromatic N) is 2. The number of benzene rings is 2. The Bertz CT molecular complexity index is 1050. The molecular weight excluding hydrogens is 401 g/mol. The molecule has 0 saturated carbocycles. The summed E-state index contributed by atoms with van der Waals surface area (Å²) in [6.45, 7) is 0. The molecule has 1 aromatic heterocycles. The van der Waals surface area contributed by atoms with Gasteiger partial charge in [-0.3, -0.25) is 9.59 Å². The van der Waals surface area contributed by atoms with Gasteiger partial charge in [0.25, 0.3) is 0 Å². The van der Waals surface area contributed by atoms with Crippen molar-refractivity contribution in [2.75, 3.05) is 7.05 Å². The summed E-state index contributed by atoms with van der Waals surface area (Å²) in [6, 6.07) is 7.25. The SMILES string of the molecule is CNC(=O)C(NC(=O)CCc1nc(-c2ccc(F)cc2)no1)c1ccc(F)c(F)c1. The van der Waals surface area contributed by atoms with Crippen LogP contribution in [0.4, 0.5) is 13.2 Å². The monoisotopic (exact) mass is 418 g/mol. The molecule has 1 atom stereocenters. The van der Waals surface area contributed by atoms with Crippen molar-refractivity contribution in [3.63, 3.8) is 0 Å². The maximum atomic E-state index is 13.5. The largest absolute Gasteiger partial charge is 0.357 e. The second-order valence-corrected chi connectivity index (χ2v) is 6.31. The molecule has 3 rings (SSSR count). The number of carbonyl (C=O) groups is 2. The van der Waals surface area contributed by atoms with Crippen LogP contribution in [0.5, 0.6) is 0 Å². The highest BCUT2D eigenvalue weighted by Crippen LogP contribution is 2.18. The van der Waals surface area contributed by atoms with Gasteiger partial charge in [0, 0.05) is 25.5 Å². The molecule has 0 bridgehead atoms. The fourth-order valence-corrected chi connectivity index (χ4v) is 2.66. The van der Waals surface area contributed by atoms with E-state index in [1.54, 1.807) is 0 Å². The zero-order valence-electron chi connectivity index (χ0n) is 15.8. The van der Waals surface area contributed by atoms with Crippen molar-refractivity contribution in [3.05, 3.63) is 71.4 Å². The third kappa shape index (κ3) is 5.02. The Morgan fingerprint density at radius 3 is 2.47 bits per heavy atom. The molecular formula is C20H17F3N4O3. The second kappa shape index (κ2) is 9.21. The Kier molecular flexibility index (Phi) is 6.45. The van der Waals surface area contributed by atoms with Crippen LogP contribution in [-0.4, -0.2) is 29.0 Å². The topological polar surface area (TPSA) is 97.1 Å². The van der Waals surface area contributed by atoms with Crippen molar-refractivity contribution in [3.8, 4) is 11.4 Å². The average Bonchev–Trinajstić information content (AvgIpc) is 3.21. The van der Waals surface area contributed by atoms with Crippen LogP contribution in [0.2, 0.25) is 0 Å². The van der Waals surface area contributed by atoms with E-state index >= 15 is 0 Å². The number of hydrogen-bond acceptors (Lipinski definition) is 5. The molecule has 0 aliphatic rings. The maximum absolute atomic E-state index is 13.5. The van der Waals surface area contributed by atoms with Crippen molar-refractivity contribution in [1.29, 1.82) is 0 Å². The van der Waals surface area contributed by atoms with E-state index in [9.17, 15) is 22.8 Å². The maximum Gasteiger partial charge on any atom is 0.246 e. The highest BCUT2D eigenvalue weighted by atomic mass is 19.2. The Hall–Kier alpha value is -3.69. The average molecular weight is 418 g/mol. The molecule has 0 radical (unpaired) electrons. The first-order valence-electron chi connectivity index (χ1n) is 8.92. The van der Waals surface area contributed by atoms with Crippen LogP contribution in [0.25, 0.3) is 11.4 Å². The number of carbonyl (C=O) groups excluding carboxylic acids is 2. The Morgan fingerprint density at radius 2 is 1.80 bits per heavy atom. The van der Waals surface area contributed by atoms with E-state index < -0.39 is 35.3 Å². The summed E-state index contributed by atoms with van der Waals surface area (Å²) in [5.41, 5.74) is 0.645. The van der Waals surface area contributed by atoms with Crippen molar-refractivity contribution in [1.82, 2.24) is 20.8 Å². The van der Waals surface area contributed by atoms with Gasteiger partial charge in [0.1, 0.15) is 11.9 Å². The molecule has 7 nitrogen and oxygen atoms in total. The predicted octanol–water partition coefficient (Wildman–Crippen LogP) is 2.69. The number of hydrogen-bond donors (Lipinski definition) is 2. The van der Waals surface area contributed by atoms with E-state index in [2.05, 4.69) is 20.8 Å². The minimum atomic E-state index is -1.20. The zero-order chi connectivity index (χ0) is 21.7. The Balaban J connectivity index is 1.64. The number of aryl methyl sites for hydroxylation is 1. The lowest BCUT2D eigenvalue weighted by Gasteiger charge is -2.17. The van der Waals surface area contributed by atoms with E-state index in [0.717, 1.165) is 12.1 Å². The summed E-state index contributed by atoms with van der Waals surface area (Å²) in [7, 11) is 1.36. The van der Waals surface area contributed by atoms with Gasteiger partial charge in [-0.25, -0.2) is 13.2 Å². The Morgan fingerprint density at radius 1 is 1.07 bits per heavy atom. The van der Waals surface area contributed by atoms with E-state index in [-0.39, 0.29) is 30.1 Å². The van der Waals surface area contributed by atoms with Crippen molar-refractivity contribution >= 4 is 11.8 Å². The number of rotatable bonds is 7. The minimum Gasteiger partial charge on any atom is -0.357 e. The summed E-state index contributed by atoms with van der Waals surface area (Å²) in [5.74, 6) is -3.29. The number of aromatic nitrogens is 2. The van der Waals surface area contributed by atoms with Crippen LogP contribution in [0.15, 0.2) is 47.0 Å². The molecule has 1 heterocycles. The van der Waals surface area contributed by atoms with Crippen LogP contribution in [-0.2, 0) is 16.0 Å². The minimum absolute atomic E-state index is 0.0816. The summed E-state index contributed by atoms with van der Waals surface area (Å²) in [5, 5.41) is 8.62. The fourth-order valence-electron chi connectivity index (χ4n) is 2.66. The van der Waals surface area contributed by atoms with E-state index in [0.29, 0.717) is 5.56 Å². The molecule has 156 valence electrons. The van der Waals surface area contributed by atoms with Crippen LogP contribution in [0.3, 0.4) is 0 Å². The van der Waals surface area contributed by atoms with Crippen molar-refractivity contribution in [2.45, 2.75) is 18.9 Å². The summed E-state index contributed by atoms with van der Waals surface area (Å²) >= 11 is 0. The van der Waals surface area contributed by atoms with E-state index in [4.69, 9.17) is 4.52 Å². The zero-order valence-corrected chi connectivity index (χ0v) is 15.8. The molecule has 30 heavy (non-hydrogen) atoms. The second-order valence-electron chi connectivity index (χ2n) is 6.31. The van der Waals surface area contributed by atoms with Crippen LogP contribution in [0, 0.1) is 17.5 Å². The molecule has 10 heteroatoms. The van der Waals surface area contributed by atoms with E-state index in [1.165, 1.54) is 37.4 Å². The van der Waals surface area contributed by atoms with Gasteiger partial charge in [0.2, 0.25) is 23.5 Å². The van der Waals surface area contributed by atoms with Gasteiger partial charge >= 0.3 is 0 Å². The molecule has 2 amide bonds. The lowest BCUT2D eigenvalue weighted by molar-refractivity contribution is -0.128. The van der Waals surface area contributed by atoms with Gasteiger partial charge < -0.3 is 15.2 Å². The van der Waals surface area contributed by atoms with Gasteiger partial charge in [-0.2, -0.15) is 4.98 Å². The third-order valence-electron chi connectivity index (χ3n) is 4.23. The molecule has 2 aromatic carbocycles. The standard InChI is InChI=1S/C20H17F3N4O3/c1-24-20(29)18(12-4-7-14(22)15(23)10-12)25-16(28)8-9-17-26-19(27-30-17)11-2-5-13(21)6-3-11/h2-7,10,18H,8-9H2,1H3,(H,24,29)(H,25,28). The van der Waals surface area contributed by atoms with Gasteiger partial charge in [-0.05, 0) is 42.0 Å². The Labute approximate surface area is 169 Å². The van der Waals surface area contributed by atoms with Crippen LogP contribution < -0.4 is 10.6 Å². The van der Waals surface area contributed by atoms with Crippen molar-refractivity contribution < 1.29 is 27.3 Å². The summed E-state index contributed by atoms with van der Waals surface area (Å²) < 4.78 is 44.7. The normalized spacial score (nSPS) is 11.7. The highest BCUT2D eigenvalue weighted by Gasteiger charge is 2.23. The van der Waals surface area contributed by atoms with Gasteiger partial charge in [0.15, 0.2) is 11.6 Å². The first-order valence-corrected chi connectivity index (χ1v) is 8.92. The first kappa shape index (κ1) is 21.0. The first-order chi connectivity index (χ1) is 14.4. The number of halogens is 3. The van der Waals surface area contributed by atoms with Crippen LogP contribution in [0.1, 0.15) is 23.9 Å². The van der Waals surface area contributed by atoms with E-state index in [1.807, 2.05) is 0 Å². The molecule has 0 saturated heterocycles. The highest BCUT2D eigenvalue weighted by molar-refractivity contribution is 5.88. The molecule has 0 aliphatic heterocycles. The third-order valence-corrected chi connectivity index (χ3v) is 4.23. The van der Waals surface area contributed by atoms with Gasteiger partial charge in [0.05, 0.1) is 0 Å². The molecule has 3 aromatic rings. The molecule has 1 unspecified atom stereocenters. The van der Waals surface area contributed by atoms with Gasteiger partial charge in [-0.1, -0.05) is 11.2 Å². The lowest BCUT2D eigenvalue weighted by atomic mass is 10.1. The molecule has 0 spiro atoms.